The Bertz CT molecular complexity index is 667. The van der Waals surface area contributed by atoms with E-state index in [0.29, 0.717) is 10.7 Å². The molecular formula is C17H21ClN2O5. The van der Waals surface area contributed by atoms with E-state index >= 15 is 0 Å². The Balaban J connectivity index is 1.99. The number of hydrogen-bond acceptors (Lipinski definition) is 5. The predicted octanol–water partition coefficient (Wildman–Crippen LogP) is 3.31. The van der Waals surface area contributed by atoms with Crippen LogP contribution in [-0.4, -0.2) is 46.0 Å². The minimum atomic E-state index is -1.10. The minimum absolute atomic E-state index is 0.0620. The normalized spacial score (nSPS) is 19.1. The van der Waals surface area contributed by atoms with E-state index in [-0.39, 0.29) is 19.6 Å². The number of carbonyl (C=O) groups is 2. The maximum Gasteiger partial charge on any atom is 0.411 e. The highest BCUT2D eigenvalue weighted by atomic mass is 35.5. The highest BCUT2D eigenvalue weighted by molar-refractivity contribution is 6.30. The summed E-state index contributed by atoms with van der Waals surface area (Å²) in [5.41, 5.74) is 0.656. The number of halogens is 1. The quantitative estimate of drug-likeness (QED) is 0.823. The van der Waals surface area contributed by atoms with Crippen LogP contribution in [0, 0.1) is 0 Å². The van der Waals surface area contributed by atoms with Gasteiger partial charge in [-0.2, -0.15) is 0 Å². The van der Waals surface area contributed by atoms with Gasteiger partial charge in [-0.1, -0.05) is 28.9 Å². The highest BCUT2D eigenvalue weighted by Gasteiger charge is 2.40. The van der Waals surface area contributed by atoms with E-state index in [2.05, 4.69) is 5.16 Å². The third kappa shape index (κ3) is 5.63. The molecule has 0 spiro atoms. The molecule has 136 valence electrons. The number of nitrogens with zero attached hydrogens (tertiary/aromatic N) is 2. The Morgan fingerprint density at radius 1 is 1.32 bits per heavy atom. The molecule has 0 bridgehead atoms. The van der Waals surface area contributed by atoms with Gasteiger partial charge in [0.25, 0.3) is 0 Å². The molecule has 1 aliphatic heterocycles. The summed E-state index contributed by atoms with van der Waals surface area (Å²) in [6.07, 6.45) is -0.572. The molecule has 0 aliphatic carbocycles. The maximum absolute atomic E-state index is 12.2. The molecule has 0 saturated carbocycles. The molecule has 1 aromatic rings. The second-order valence-electron chi connectivity index (χ2n) is 6.72. The van der Waals surface area contributed by atoms with Crippen molar-refractivity contribution in [1.82, 2.24) is 4.90 Å². The fraction of sp³-hybridized carbons (Fsp3) is 0.471. The van der Waals surface area contributed by atoms with E-state index in [0.717, 1.165) is 10.5 Å². The zero-order valence-electron chi connectivity index (χ0n) is 14.4. The average molecular weight is 369 g/mol. The van der Waals surface area contributed by atoms with Crippen molar-refractivity contribution in [1.29, 1.82) is 0 Å². The van der Waals surface area contributed by atoms with Crippen LogP contribution >= 0.6 is 11.6 Å². The van der Waals surface area contributed by atoms with E-state index in [1.165, 1.54) is 0 Å². The van der Waals surface area contributed by atoms with Gasteiger partial charge < -0.3 is 14.7 Å². The van der Waals surface area contributed by atoms with Gasteiger partial charge in [-0.05, 0) is 38.5 Å². The van der Waals surface area contributed by atoms with Crippen LogP contribution in [0.25, 0.3) is 0 Å². The predicted molar refractivity (Wildman–Crippen MR) is 92.7 cm³/mol. The Labute approximate surface area is 151 Å². The molecule has 1 N–H and O–H groups in total. The first-order chi connectivity index (χ1) is 11.7. The second-order valence-corrected chi connectivity index (χ2v) is 7.16. The van der Waals surface area contributed by atoms with Crippen LogP contribution in [0.5, 0.6) is 0 Å². The SMILES string of the molecule is CC(C)(C)OC(=O)N1CC(=NOCc2ccc(Cl)cc2)C[C@H]1C(=O)O. The van der Waals surface area contributed by atoms with Crippen LogP contribution in [-0.2, 0) is 21.0 Å². The monoisotopic (exact) mass is 368 g/mol. The number of ether oxygens (including phenoxy) is 1. The van der Waals surface area contributed by atoms with Crippen LogP contribution in [0.3, 0.4) is 0 Å². The number of hydrogen-bond donors (Lipinski definition) is 1. The molecule has 25 heavy (non-hydrogen) atoms. The largest absolute Gasteiger partial charge is 0.480 e. The van der Waals surface area contributed by atoms with Crippen LogP contribution < -0.4 is 0 Å². The van der Waals surface area contributed by atoms with Gasteiger partial charge in [0.15, 0.2) is 0 Å². The van der Waals surface area contributed by atoms with Crippen molar-refractivity contribution in [3.63, 3.8) is 0 Å². The molecule has 0 unspecified atom stereocenters. The number of amides is 1. The lowest BCUT2D eigenvalue weighted by atomic mass is 10.2. The molecule has 1 aromatic carbocycles. The van der Waals surface area contributed by atoms with Crippen LogP contribution in [0.2, 0.25) is 5.02 Å². The summed E-state index contributed by atoms with van der Waals surface area (Å²) in [4.78, 5) is 30.0. The minimum Gasteiger partial charge on any atom is -0.480 e. The summed E-state index contributed by atoms with van der Waals surface area (Å²) in [7, 11) is 0. The first kappa shape index (κ1) is 19.1. The first-order valence-electron chi connectivity index (χ1n) is 7.80. The number of carboxylic acids is 1. The topological polar surface area (TPSA) is 88.4 Å². The van der Waals surface area contributed by atoms with Gasteiger partial charge >= 0.3 is 12.1 Å². The van der Waals surface area contributed by atoms with Gasteiger partial charge in [0.2, 0.25) is 0 Å². The summed E-state index contributed by atoms with van der Waals surface area (Å²) >= 11 is 5.81. The zero-order chi connectivity index (χ0) is 18.6. The Kier molecular flexibility index (Phi) is 5.89. The van der Waals surface area contributed by atoms with Gasteiger partial charge in [0.05, 0.1) is 12.3 Å². The number of aliphatic carboxylic acids is 1. The molecule has 1 aliphatic rings. The smallest absolute Gasteiger partial charge is 0.411 e. The third-order valence-corrected chi connectivity index (χ3v) is 3.66. The molecule has 1 fully saturated rings. The van der Waals surface area contributed by atoms with Crippen molar-refractivity contribution in [3.05, 3.63) is 34.9 Å². The first-order valence-corrected chi connectivity index (χ1v) is 8.18. The molecule has 8 heteroatoms. The van der Waals surface area contributed by atoms with Crippen molar-refractivity contribution in [2.24, 2.45) is 5.16 Å². The summed E-state index contributed by atoms with van der Waals surface area (Å²) in [6, 6.07) is 6.10. The number of oxime groups is 1. The number of carbonyl (C=O) groups excluding carboxylic acids is 1. The summed E-state index contributed by atoms with van der Waals surface area (Å²) < 4.78 is 5.25. The van der Waals surface area contributed by atoms with Crippen molar-refractivity contribution in [3.8, 4) is 0 Å². The van der Waals surface area contributed by atoms with Gasteiger partial charge in [-0.3, -0.25) is 4.90 Å². The van der Waals surface area contributed by atoms with Gasteiger partial charge in [-0.15, -0.1) is 0 Å². The fourth-order valence-electron chi connectivity index (χ4n) is 2.28. The molecule has 7 nitrogen and oxygen atoms in total. The summed E-state index contributed by atoms with van der Waals surface area (Å²) in [6.45, 7) is 5.46. The number of likely N-dealkylation sites (tertiary alicyclic amines) is 1. The second kappa shape index (κ2) is 7.74. The summed E-state index contributed by atoms with van der Waals surface area (Å²) in [5.74, 6) is -1.10. The highest BCUT2D eigenvalue weighted by Crippen LogP contribution is 2.20. The van der Waals surface area contributed by atoms with Crippen molar-refractivity contribution < 1.29 is 24.3 Å². The van der Waals surface area contributed by atoms with Gasteiger partial charge in [0, 0.05) is 11.4 Å². The Hall–Kier alpha value is -2.28. The van der Waals surface area contributed by atoms with Gasteiger partial charge in [0.1, 0.15) is 18.2 Å². The average Bonchev–Trinajstić information content (AvgIpc) is 2.92. The molecule has 2 rings (SSSR count). The van der Waals surface area contributed by atoms with E-state index in [4.69, 9.17) is 21.2 Å². The Morgan fingerprint density at radius 2 is 1.96 bits per heavy atom. The molecule has 0 radical (unpaired) electrons. The van der Waals surface area contributed by atoms with E-state index < -0.39 is 23.7 Å². The van der Waals surface area contributed by atoms with Crippen LogP contribution in [0.1, 0.15) is 32.8 Å². The zero-order valence-corrected chi connectivity index (χ0v) is 15.1. The molecule has 1 amide bonds. The van der Waals surface area contributed by atoms with Crippen molar-refractivity contribution >= 4 is 29.4 Å². The molecule has 1 heterocycles. The van der Waals surface area contributed by atoms with Crippen LogP contribution in [0.15, 0.2) is 29.4 Å². The molecule has 1 saturated heterocycles. The standard InChI is InChI=1S/C17H21ClN2O5/c1-17(2,3)25-16(23)20-9-13(8-14(20)15(21)22)19-24-10-11-4-6-12(18)7-5-11/h4-7,14H,8-10H2,1-3H3,(H,21,22)/t14-/m0/s1. The number of benzene rings is 1. The molecular weight excluding hydrogens is 348 g/mol. The summed E-state index contributed by atoms with van der Waals surface area (Å²) in [5, 5.41) is 13.9. The van der Waals surface area contributed by atoms with Crippen molar-refractivity contribution in [2.45, 2.75) is 45.4 Å². The van der Waals surface area contributed by atoms with Gasteiger partial charge in [-0.25, -0.2) is 9.59 Å². The number of rotatable bonds is 4. The lowest BCUT2D eigenvalue weighted by Gasteiger charge is -2.26. The maximum atomic E-state index is 12.2. The van der Waals surface area contributed by atoms with Crippen LogP contribution in [0.4, 0.5) is 4.79 Å². The van der Waals surface area contributed by atoms with E-state index in [1.54, 1.807) is 32.9 Å². The molecule has 0 aromatic heterocycles. The lowest BCUT2D eigenvalue weighted by Crippen LogP contribution is -2.43. The van der Waals surface area contributed by atoms with Crippen molar-refractivity contribution in [2.75, 3.05) is 6.54 Å². The number of carboxylic acid groups (broad SMARTS) is 1. The van der Waals surface area contributed by atoms with E-state index in [1.807, 2.05) is 12.1 Å². The molecule has 1 atom stereocenters. The third-order valence-electron chi connectivity index (χ3n) is 3.41. The Morgan fingerprint density at radius 3 is 2.52 bits per heavy atom. The van der Waals surface area contributed by atoms with E-state index in [9.17, 15) is 14.7 Å². The fourth-order valence-corrected chi connectivity index (χ4v) is 2.41. The lowest BCUT2D eigenvalue weighted by molar-refractivity contribution is -0.142.